The third-order valence-corrected chi connectivity index (χ3v) is 4.62. The van der Waals surface area contributed by atoms with E-state index in [1.54, 1.807) is 28.4 Å². The second-order valence-electron chi connectivity index (χ2n) is 6.01. The Labute approximate surface area is 160 Å². The SMILES string of the molecule is COc1cccc(C(c2ccccc2)c2cccc(OC)c2OC)c1OC. The van der Waals surface area contributed by atoms with Gasteiger partial charge in [0.25, 0.3) is 0 Å². The minimum Gasteiger partial charge on any atom is -0.493 e. The summed E-state index contributed by atoms with van der Waals surface area (Å²) in [5.41, 5.74) is 3.11. The van der Waals surface area contributed by atoms with Crippen LogP contribution in [0.2, 0.25) is 0 Å². The quantitative estimate of drug-likeness (QED) is 0.559. The highest BCUT2D eigenvalue weighted by Crippen LogP contribution is 2.46. The smallest absolute Gasteiger partial charge is 0.164 e. The van der Waals surface area contributed by atoms with E-state index < -0.39 is 0 Å². The molecular weight excluding hydrogens is 340 g/mol. The Balaban J connectivity index is 2.31. The van der Waals surface area contributed by atoms with Crippen molar-refractivity contribution in [2.45, 2.75) is 5.92 Å². The number of benzene rings is 3. The average molecular weight is 364 g/mol. The molecule has 0 aliphatic rings. The highest BCUT2D eigenvalue weighted by atomic mass is 16.5. The standard InChI is InChI=1S/C23H24O4/c1-24-19-14-8-12-17(22(19)26-3)21(16-10-6-5-7-11-16)18-13-9-15-20(25-2)23(18)27-4/h5-15,21H,1-4H3. The van der Waals surface area contributed by atoms with Crippen LogP contribution in [0.5, 0.6) is 23.0 Å². The van der Waals surface area contributed by atoms with Crippen LogP contribution >= 0.6 is 0 Å². The molecule has 140 valence electrons. The Kier molecular flexibility index (Phi) is 5.87. The van der Waals surface area contributed by atoms with E-state index in [4.69, 9.17) is 18.9 Å². The van der Waals surface area contributed by atoms with Gasteiger partial charge in [0.1, 0.15) is 0 Å². The van der Waals surface area contributed by atoms with Gasteiger partial charge in [-0.2, -0.15) is 0 Å². The van der Waals surface area contributed by atoms with Crippen LogP contribution in [0.4, 0.5) is 0 Å². The molecule has 0 saturated heterocycles. The van der Waals surface area contributed by atoms with E-state index in [0.29, 0.717) is 23.0 Å². The minimum absolute atomic E-state index is 0.110. The van der Waals surface area contributed by atoms with Gasteiger partial charge in [-0.3, -0.25) is 0 Å². The van der Waals surface area contributed by atoms with Crippen molar-refractivity contribution in [3.8, 4) is 23.0 Å². The van der Waals surface area contributed by atoms with Crippen LogP contribution in [0.3, 0.4) is 0 Å². The minimum atomic E-state index is -0.110. The Morgan fingerprint density at radius 3 is 1.41 bits per heavy atom. The summed E-state index contributed by atoms with van der Waals surface area (Å²) in [6.07, 6.45) is 0. The summed E-state index contributed by atoms with van der Waals surface area (Å²) in [6, 6.07) is 22.1. The third-order valence-electron chi connectivity index (χ3n) is 4.62. The molecule has 0 N–H and O–H groups in total. The summed E-state index contributed by atoms with van der Waals surface area (Å²) in [4.78, 5) is 0. The molecule has 4 nitrogen and oxygen atoms in total. The largest absolute Gasteiger partial charge is 0.493 e. The summed E-state index contributed by atoms with van der Waals surface area (Å²) in [7, 11) is 6.61. The zero-order chi connectivity index (χ0) is 19.2. The maximum Gasteiger partial charge on any atom is 0.164 e. The van der Waals surface area contributed by atoms with Gasteiger partial charge in [-0.15, -0.1) is 0 Å². The van der Waals surface area contributed by atoms with Gasteiger partial charge >= 0.3 is 0 Å². The second-order valence-corrected chi connectivity index (χ2v) is 6.01. The Hall–Kier alpha value is -3.14. The Morgan fingerprint density at radius 1 is 0.519 bits per heavy atom. The molecule has 3 aromatic carbocycles. The molecule has 4 heteroatoms. The molecule has 27 heavy (non-hydrogen) atoms. The summed E-state index contributed by atoms with van der Waals surface area (Å²) >= 11 is 0. The molecule has 0 spiro atoms. The van der Waals surface area contributed by atoms with Crippen LogP contribution < -0.4 is 18.9 Å². The van der Waals surface area contributed by atoms with E-state index in [1.807, 2.05) is 42.5 Å². The van der Waals surface area contributed by atoms with Crippen LogP contribution in [-0.2, 0) is 0 Å². The predicted octanol–water partition coefficient (Wildman–Crippen LogP) is 4.90. The highest BCUT2D eigenvalue weighted by Gasteiger charge is 2.26. The first-order chi connectivity index (χ1) is 13.2. The molecule has 0 fully saturated rings. The lowest BCUT2D eigenvalue weighted by molar-refractivity contribution is 0.347. The molecule has 0 saturated carbocycles. The fraction of sp³-hybridized carbons (Fsp3) is 0.217. The fourth-order valence-electron chi connectivity index (χ4n) is 3.45. The number of ether oxygens (including phenoxy) is 4. The molecular formula is C23H24O4. The van der Waals surface area contributed by atoms with Gasteiger partial charge in [-0.05, 0) is 17.7 Å². The number of methoxy groups -OCH3 is 4. The molecule has 0 aliphatic carbocycles. The maximum atomic E-state index is 5.72. The van der Waals surface area contributed by atoms with Crippen LogP contribution in [0.25, 0.3) is 0 Å². The normalized spacial score (nSPS) is 10.6. The van der Waals surface area contributed by atoms with Gasteiger partial charge in [0.05, 0.1) is 28.4 Å². The second kappa shape index (κ2) is 8.49. The average Bonchev–Trinajstić information content (AvgIpc) is 2.74. The lowest BCUT2D eigenvalue weighted by Crippen LogP contribution is -2.08. The molecule has 0 bridgehead atoms. The van der Waals surface area contributed by atoms with E-state index in [-0.39, 0.29) is 5.92 Å². The van der Waals surface area contributed by atoms with Gasteiger partial charge in [-0.25, -0.2) is 0 Å². The highest BCUT2D eigenvalue weighted by molar-refractivity contribution is 5.59. The third kappa shape index (κ3) is 3.56. The molecule has 0 unspecified atom stereocenters. The number of rotatable bonds is 7. The summed E-state index contributed by atoms with van der Waals surface area (Å²) in [5.74, 6) is 2.69. The zero-order valence-electron chi connectivity index (χ0n) is 16.1. The van der Waals surface area contributed by atoms with E-state index in [1.165, 1.54) is 0 Å². The van der Waals surface area contributed by atoms with Crippen molar-refractivity contribution < 1.29 is 18.9 Å². The van der Waals surface area contributed by atoms with Crippen molar-refractivity contribution in [1.29, 1.82) is 0 Å². The Bertz CT molecular complexity index is 835. The predicted molar refractivity (Wildman–Crippen MR) is 106 cm³/mol. The number of para-hydroxylation sites is 2. The van der Waals surface area contributed by atoms with Crippen molar-refractivity contribution in [2.75, 3.05) is 28.4 Å². The lowest BCUT2D eigenvalue weighted by atomic mass is 9.84. The van der Waals surface area contributed by atoms with Gasteiger partial charge in [0.15, 0.2) is 23.0 Å². The van der Waals surface area contributed by atoms with Gasteiger partial charge in [0, 0.05) is 17.0 Å². The molecule has 0 radical (unpaired) electrons. The first-order valence-electron chi connectivity index (χ1n) is 8.71. The molecule has 3 aromatic rings. The molecule has 0 aliphatic heterocycles. The summed E-state index contributed by atoms with van der Waals surface area (Å²) < 4.78 is 22.5. The van der Waals surface area contributed by atoms with Crippen LogP contribution in [0.1, 0.15) is 22.6 Å². The molecule has 0 atom stereocenters. The van der Waals surface area contributed by atoms with Gasteiger partial charge in [-0.1, -0.05) is 54.6 Å². The van der Waals surface area contributed by atoms with Crippen LogP contribution in [0.15, 0.2) is 66.7 Å². The summed E-state index contributed by atoms with van der Waals surface area (Å²) in [6.45, 7) is 0. The van der Waals surface area contributed by atoms with Crippen LogP contribution in [0, 0.1) is 0 Å². The number of hydrogen-bond donors (Lipinski definition) is 0. The van der Waals surface area contributed by atoms with E-state index in [9.17, 15) is 0 Å². The van der Waals surface area contributed by atoms with Gasteiger partial charge < -0.3 is 18.9 Å². The number of hydrogen-bond acceptors (Lipinski definition) is 4. The fourth-order valence-corrected chi connectivity index (χ4v) is 3.45. The van der Waals surface area contributed by atoms with E-state index >= 15 is 0 Å². The molecule has 0 amide bonds. The van der Waals surface area contributed by atoms with Crippen molar-refractivity contribution in [3.05, 3.63) is 83.4 Å². The summed E-state index contributed by atoms with van der Waals surface area (Å²) in [5, 5.41) is 0. The van der Waals surface area contributed by atoms with E-state index in [0.717, 1.165) is 16.7 Å². The van der Waals surface area contributed by atoms with E-state index in [2.05, 4.69) is 24.3 Å². The topological polar surface area (TPSA) is 36.9 Å². The van der Waals surface area contributed by atoms with Crippen molar-refractivity contribution in [2.24, 2.45) is 0 Å². The van der Waals surface area contributed by atoms with Gasteiger partial charge in [0.2, 0.25) is 0 Å². The lowest BCUT2D eigenvalue weighted by Gasteiger charge is -2.24. The Morgan fingerprint density at radius 2 is 1.00 bits per heavy atom. The molecule has 0 heterocycles. The zero-order valence-corrected chi connectivity index (χ0v) is 16.1. The van der Waals surface area contributed by atoms with Crippen molar-refractivity contribution >= 4 is 0 Å². The monoisotopic (exact) mass is 364 g/mol. The first kappa shape index (κ1) is 18.6. The first-order valence-corrected chi connectivity index (χ1v) is 8.71. The molecule has 0 aromatic heterocycles. The van der Waals surface area contributed by atoms with Crippen molar-refractivity contribution in [3.63, 3.8) is 0 Å². The van der Waals surface area contributed by atoms with Crippen molar-refractivity contribution in [1.82, 2.24) is 0 Å². The maximum absolute atomic E-state index is 5.72. The molecule has 3 rings (SSSR count). The van der Waals surface area contributed by atoms with Crippen LogP contribution in [-0.4, -0.2) is 28.4 Å².